The van der Waals surface area contributed by atoms with Crippen molar-refractivity contribution >= 4 is 27.4 Å². The van der Waals surface area contributed by atoms with Crippen molar-refractivity contribution < 1.29 is 0 Å². The number of pyridine rings is 1. The molecule has 5 heteroatoms. The number of rotatable bonds is 2. The molecule has 0 radical (unpaired) electrons. The topological polar surface area (TPSA) is 46.7 Å². The summed E-state index contributed by atoms with van der Waals surface area (Å²) in [5.74, 6) is 0.864. The van der Waals surface area contributed by atoms with Crippen molar-refractivity contribution in [3.63, 3.8) is 0 Å². The average Bonchev–Trinajstić information content (AvgIpc) is 2.77. The Morgan fingerprint density at radius 3 is 2.78 bits per heavy atom. The van der Waals surface area contributed by atoms with E-state index in [1.165, 1.54) is 19.3 Å². The Bertz CT molecular complexity index is 587. The molecule has 0 amide bonds. The number of hydrogen-bond acceptors (Lipinski definition) is 3. The number of hydrogen-bond donors (Lipinski definition) is 0. The minimum atomic E-state index is 0.394. The van der Waals surface area contributed by atoms with Crippen molar-refractivity contribution in [2.24, 2.45) is 5.18 Å². The van der Waals surface area contributed by atoms with Gasteiger partial charge in [-0.05, 0) is 46.1 Å². The molecule has 0 bridgehead atoms. The van der Waals surface area contributed by atoms with E-state index < -0.39 is 0 Å². The molecule has 1 fully saturated rings. The number of aromatic nitrogens is 2. The predicted octanol–water partition coefficient (Wildman–Crippen LogP) is 4.54. The van der Waals surface area contributed by atoms with Gasteiger partial charge in [0.1, 0.15) is 5.65 Å². The minimum Gasteiger partial charge on any atom is -0.280 e. The van der Waals surface area contributed by atoms with Crippen molar-refractivity contribution in [3.8, 4) is 0 Å². The van der Waals surface area contributed by atoms with Gasteiger partial charge in [-0.1, -0.05) is 19.3 Å². The van der Waals surface area contributed by atoms with Crippen LogP contribution >= 0.6 is 15.9 Å². The monoisotopic (exact) mass is 307 g/mol. The minimum absolute atomic E-state index is 0.394. The highest BCUT2D eigenvalue weighted by molar-refractivity contribution is 9.10. The summed E-state index contributed by atoms with van der Waals surface area (Å²) < 4.78 is 2.70. The summed E-state index contributed by atoms with van der Waals surface area (Å²) >= 11 is 3.41. The lowest BCUT2D eigenvalue weighted by Gasteiger charge is -2.19. The van der Waals surface area contributed by atoms with Crippen LogP contribution in [0.15, 0.2) is 28.0 Å². The molecular formula is C13H14BrN3O. The van der Waals surface area contributed by atoms with Crippen molar-refractivity contribution in [1.82, 2.24) is 9.38 Å². The van der Waals surface area contributed by atoms with Crippen LogP contribution in [-0.4, -0.2) is 9.38 Å². The van der Waals surface area contributed by atoms with Gasteiger partial charge in [0, 0.05) is 16.6 Å². The third-order valence-electron chi connectivity index (χ3n) is 3.66. The molecule has 1 saturated carbocycles. The van der Waals surface area contributed by atoms with E-state index in [9.17, 15) is 4.91 Å². The van der Waals surface area contributed by atoms with Gasteiger partial charge in [0.25, 0.3) is 0 Å². The fourth-order valence-electron chi connectivity index (χ4n) is 2.77. The second kappa shape index (κ2) is 4.80. The summed E-state index contributed by atoms with van der Waals surface area (Å²) in [6, 6.07) is 3.84. The predicted molar refractivity (Wildman–Crippen MR) is 74.2 cm³/mol. The fourth-order valence-corrected chi connectivity index (χ4v) is 3.10. The molecule has 0 aromatic carbocycles. The maximum atomic E-state index is 11.1. The van der Waals surface area contributed by atoms with Crippen LogP contribution < -0.4 is 0 Å². The zero-order valence-electron chi connectivity index (χ0n) is 9.97. The third-order valence-corrected chi connectivity index (χ3v) is 4.13. The summed E-state index contributed by atoms with van der Waals surface area (Å²) in [5.41, 5.74) is 1.68. The third kappa shape index (κ3) is 1.96. The molecule has 1 aliphatic rings. The first-order valence-electron chi connectivity index (χ1n) is 6.30. The number of nitroso groups, excluding NO2 is 1. The van der Waals surface area contributed by atoms with E-state index in [2.05, 4.69) is 26.1 Å². The van der Waals surface area contributed by atoms with E-state index in [1.54, 1.807) is 4.40 Å². The van der Waals surface area contributed by atoms with Crippen molar-refractivity contribution in [2.45, 2.75) is 38.0 Å². The van der Waals surface area contributed by atoms with E-state index in [0.29, 0.717) is 11.7 Å². The summed E-state index contributed by atoms with van der Waals surface area (Å²) in [6.45, 7) is 0. The molecule has 1 aliphatic carbocycles. The molecule has 0 unspecified atom stereocenters. The largest absolute Gasteiger partial charge is 0.280 e. The second-order valence-electron chi connectivity index (χ2n) is 4.82. The van der Waals surface area contributed by atoms with Gasteiger partial charge in [0.15, 0.2) is 0 Å². The van der Waals surface area contributed by atoms with Crippen molar-refractivity contribution in [3.05, 3.63) is 33.4 Å². The standard InChI is InChI=1S/C13H14BrN3O/c14-10-6-7-11-15-12(9-4-2-1-3-5-9)13(16-18)17(11)8-10/h6-9H,1-5H2. The van der Waals surface area contributed by atoms with Crippen molar-refractivity contribution in [2.75, 3.05) is 0 Å². The lowest BCUT2D eigenvalue weighted by molar-refractivity contribution is 0.438. The molecule has 0 spiro atoms. The maximum absolute atomic E-state index is 11.1. The van der Waals surface area contributed by atoms with Crippen LogP contribution in [0, 0.1) is 4.91 Å². The normalized spacial score (nSPS) is 17.2. The van der Waals surface area contributed by atoms with Crippen LogP contribution in [0.1, 0.15) is 43.7 Å². The molecule has 18 heavy (non-hydrogen) atoms. The Morgan fingerprint density at radius 1 is 1.28 bits per heavy atom. The Balaban J connectivity index is 2.13. The van der Waals surface area contributed by atoms with E-state index >= 15 is 0 Å². The van der Waals surface area contributed by atoms with Gasteiger partial charge in [-0.15, -0.1) is 4.91 Å². The molecule has 94 valence electrons. The van der Waals surface area contributed by atoms with Crippen LogP contribution in [-0.2, 0) is 0 Å². The van der Waals surface area contributed by atoms with Crippen molar-refractivity contribution in [1.29, 1.82) is 0 Å². The molecule has 3 rings (SSSR count). The first kappa shape index (κ1) is 11.8. The van der Waals surface area contributed by atoms with Gasteiger partial charge < -0.3 is 0 Å². The lowest BCUT2D eigenvalue weighted by Crippen LogP contribution is -2.05. The first-order chi connectivity index (χ1) is 8.79. The number of fused-ring (bicyclic) bond motifs is 1. The lowest BCUT2D eigenvalue weighted by atomic mass is 9.87. The summed E-state index contributed by atoms with van der Waals surface area (Å²) in [7, 11) is 0. The van der Waals surface area contributed by atoms with Gasteiger partial charge >= 0.3 is 0 Å². The highest BCUT2D eigenvalue weighted by Crippen LogP contribution is 2.37. The quantitative estimate of drug-likeness (QED) is 0.764. The SMILES string of the molecule is O=Nc1c(C2CCCCC2)nc2ccc(Br)cn12. The molecule has 0 atom stereocenters. The Labute approximate surface area is 114 Å². The number of imidazole rings is 1. The molecule has 0 saturated heterocycles. The van der Waals surface area contributed by atoms with E-state index in [0.717, 1.165) is 28.7 Å². The van der Waals surface area contributed by atoms with Gasteiger partial charge in [-0.2, -0.15) is 0 Å². The van der Waals surface area contributed by atoms with Gasteiger partial charge in [-0.25, -0.2) is 4.98 Å². The summed E-state index contributed by atoms with van der Waals surface area (Å²) in [6.07, 6.45) is 7.83. The summed E-state index contributed by atoms with van der Waals surface area (Å²) in [4.78, 5) is 15.7. The first-order valence-corrected chi connectivity index (χ1v) is 7.10. The highest BCUT2D eigenvalue weighted by Gasteiger charge is 2.23. The Morgan fingerprint density at radius 2 is 2.06 bits per heavy atom. The molecule has 0 aliphatic heterocycles. The molecule has 2 aromatic heterocycles. The summed E-state index contributed by atoms with van der Waals surface area (Å²) in [5, 5.41) is 3.20. The molecular weight excluding hydrogens is 294 g/mol. The zero-order chi connectivity index (χ0) is 12.5. The van der Waals surface area contributed by atoms with Gasteiger partial charge in [0.2, 0.25) is 5.82 Å². The zero-order valence-corrected chi connectivity index (χ0v) is 11.6. The smallest absolute Gasteiger partial charge is 0.205 e. The second-order valence-corrected chi connectivity index (χ2v) is 5.74. The highest BCUT2D eigenvalue weighted by atomic mass is 79.9. The fraction of sp³-hybridized carbons (Fsp3) is 0.462. The molecule has 4 nitrogen and oxygen atoms in total. The van der Waals surface area contributed by atoms with Crippen LogP contribution in [0.25, 0.3) is 5.65 Å². The number of nitrogens with zero attached hydrogens (tertiary/aromatic N) is 3. The van der Waals surface area contributed by atoms with Crippen LogP contribution in [0.2, 0.25) is 0 Å². The van der Waals surface area contributed by atoms with Crippen LogP contribution in [0.4, 0.5) is 5.82 Å². The number of halogens is 1. The average molecular weight is 308 g/mol. The molecule has 2 heterocycles. The van der Waals surface area contributed by atoms with Crippen LogP contribution in [0.3, 0.4) is 0 Å². The van der Waals surface area contributed by atoms with E-state index in [1.807, 2.05) is 18.3 Å². The van der Waals surface area contributed by atoms with Crippen LogP contribution in [0.5, 0.6) is 0 Å². The molecule has 0 N–H and O–H groups in total. The molecule has 2 aromatic rings. The van der Waals surface area contributed by atoms with E-state index in [-0.39, 0.29) is 0 Å². The van der Waals surface area contributed by atoms with Gasteiger partial charge in [0.05, 0.1) is 5.69 Å². The maximum Gasteiger partial charge on any atom is 0.205 e. The Hall–Kier alpha value is -1.23. The van der Waals surface area contributed by atoms with Gasteiger partial charge in [-0.3, -0.25) is 4.40 Å². The van der Waals surface area contributed by atoms with E-state index in [4.69, 9.17) is 0 Å². The Kier molecular flexibility index (Phi) is 3.16.